The smallest absolute Gasteiger partial charge is 0.404 e. The molecule has 0 saturated heterocycles. The van der Waals surface area contributed by atoms with Gasteiger partial charge < -0.3 is 15.2 Å². The number of amides is 1. The predicted octanol–water partition coefficient (Wildman–Crippen LogP) is 2.42. The molecule has 0 heterocycles. The Kier molecular flexibility index (Phi) is 3.80. The first kappa shape index (κ1) is 11.7. The van der Waals surface area contributed by atoms with Crippen molar-refractivity contribution in [2.45, 2.75) is 13.5 Å². The Morgan fingerprint density at radius 2 is 2.27 bits per heavy atom. The van der Waals surface area contributed by atoms with Crippen molar-refractivity contribution in [2.24, 2.45) is 0 Å². The van der Waals surface area contributed by atoms with Gasteiger partial charge in [0.2, 0.25) is 0 Å². The molecule has 0 unspecified atom stereocenters. The van der Waals surface area contributed by atoms with Crippen molar-refractivity contribution in [3.63, 3.8) is 0 Å². The third-order valence-electron chi connectivity index (χ3n) is 2.04. The first-order valence-electron chi connectivity index (χ1n) is 4.34. The molecule has 1 aromatic carbocycles. The maximum Gasteiger partial charge on any atom is 0.404 e. The van der Waals surface area contributed by atoms with Crippen LogP contribution in [0.1, 0.15) is 11.1 Å². The Balaban J connectivity index is 2.90. The van der Waals surface area contributed by atoms with Crippen molar-refractivity contribution in [2.75, 3.05) is 7.11 Å². The second kappa shape index (κ2) is 4.89. The van der Waals surface area contributed by atoms with E-state index in [9.17, 15) is 4.79 Å². The van der Waals surface area contributed by atoms with Gasteiger partial charge in [-0.15, -0.1) is 0 Å². The number of methoxy groups -OCH3 is 1. The van der Waals surface area contributed by atoms with E-state index in [1.54, 1.807) is 12.1 Å². The highest BCUT2D eigenvalue weighted by Crippen LogP contribution is 2.27. The topological polar surface area (TPSA) is 58.6 Å². The largest absolute Gasteiger partial charge is 0.495 e. The van der Waals surface area contributed by atoms with Crippen molar-refractivity contribution in [3.05, 3.63) is 28.3 Å². The van der Waals surface area contributed by atoms with Crippen molar-refractivity contribution in [1.29, 1.82) is 0 Å². The molecule has 4 nitrogen and oxygen atoms in total. The van der Waals surface area contributed by atoms with Gasteiger partial charge >= 0.3 is 6.09 Å². The van der Waals surface area contributed by atoms with E-state index in [1.807, 2.05) is 6.92 Å². The summed E-state index contributed by atoms with van der Waals surface area (Å²) in [5, 5.41) is 11.2. The summed E-state index contributed by atoms with van der Waals surface area (Å²) in [5.74, 6) is 0.591. The van der Waals surface area contributed by atoms with Crippen LogP contribution in [0.15, 0.2) is 12.1 Å². The van der Waals surface area contributed by atoms with Crippen LogP contribution in [0.3, 0.4) is 0 Å². The minimum Gasteiger partial charge on any atom is -0.495 e. The standard InChI is InChI=1S/C10H12ClNO3/c1-6-3-9(15-2)8(11)4-7(6)5-12-10(13)14/h3-4,12H,5H2,1-2H3,(H,13,14). The lowest BCUT2D eigenvalue weighted by atomic mass is 10.1. The van der Waals surface area contributed by atoms with E-state index in [1.165, 1.54) is 7.11 Å². The fourth-order valence-corrected chi connectivity index (χ4v) is 1.48. The van der Waals surface area contributed by atoms with Crippen LogP contribution in [-0.2, 0) is 6.54 Å². The minimum absolute atomic E-state index is 0.241. The lowest BCUT2D eigenvalue weighted by molar-refractivity contribution is 0.194. The van der Waals surface area contributed by atoms with Crippen LogP contribution in [0.4, 0.5) is 4.79 Å². The second-order valence-corrected chi connectivity index (χ2v) is 3.48. The molecule has 0 radical (unpaired) electrons. The summed E-state index contributed by atoms with van der Waals surface area (Å²) in [7, 11) is 1.54. The molecule has 1 amide bonds. The molecular weight excluding hydrogens is 218 g/mol. The van der Waals surface area contributed by atoms with Crippen LogP contribution in [-0.4, -0.2) is 18.3 Å². The van der Waals surface area contributed by atoms with Crippen LogP contribution in [0, 0.1) is 6.92 Å². The van der Waals surface area contributed by atoms with Gasteiger partial charge in [0.1, 0.15) is 5.75 Å². The highest BCUT2D eigenvalue weighted by atomic mass is 35.5. The average Bonchev–Trinajstić information content (AvgIpc) is 2.18. The molecule has 5 heteroatoms. The summed E-state index contributed by atoms with van der Waals surface area (Å²) in [6, 6.07) is 3.48. The Hall–Kier alpha value is -1.42. The average molecular weight is 230 g/mol. The molecule has 82 valence electrons. The number of hydrogen-bond acceptors (Lipinski definition) is 2. The van der Waals surface area contributed by atoms with Crippen LogP contribution < -0.4 is 10.1 Å². The summed E-state index contributed by atoms with van der Waals surface area (Å²) in [4.78, 5) is 10.3. The minimum atomic E-state index is -1.05. The number of carbonyl (C=O) groups is 1. The van der Waals surface area contributed by atoms with Gasteiger partial charge in [0.25, 0.3) is 0 Å². The van der Waals surface area contributed by atoms with E-state index in [0.717, 1.165) is 11.1 Å². The molecule has 0 fully saturated rings. The van der Waals surface area contributed by atoms with Crippen molar-refractivity contribution < 1.29 is 14.6 Å². The maximum atomic E-state index is 10.3. The fraction of sp³-hybridized carbons (Fsp3) is 0.300. The molecule has 1 aromatic rings. The number of ether oxygens (including phenoxy) is 1. The number of rotatable bonds is 3. The maximum absolute atomic E-state index is 10.3. The SMILES string of the molecule is COc1cc(C)c(CNC(=O)O)cc1Cl. The van der Waals surface area contributed by atoms with Gasteiger partial charge in [-0.3, -0.25) is 0 Å². The molecule has 0 aromatic heterocycles. The monoisotopic (exact) mass is 229 g/mol. The van der Waals surface area contributed by atoms with E-state index in [0.29, 0.717) is 10.8 Å². The molecule has 1 rings (SSSR count). The zero-order valence-electron chi connectivity index (χ0n) is 8.50. The third kappa shape index (κ3) is 3.02. The predicted molar refractivity (Wildman–Crippen MR) is 57.6 cm³/mol. The Morgan fingerprint density at radius 3 is 2.80 bits per heavy atom. The zero-order valence-corrected chi connectivity index (χ0v) is 9.26. The normalized spacial score (nSPS) is 9.80. The number of benzene rings is 1. The number of hydrogen-bond donors (Lipinski definition) is 2. The summed E-state index contributed by atoms with van der Waals surface area (Å²) in [6.45, 7) is 2.11. The van der Waals surface area contributed by atoms with Crippen molar-refractivity contribution in [1.82, 2.24) is 5.32 Å². The molecule has 0 aliphatic rings. The Bertz CT molecular complexity index is 379. The van der Waals surface area contributed by atoms with Gasteiger partial charge in [-0.2, -0.15) is 0 Å². The zero-order chi connectivity index (χ0) is 11.4. The molecule has 0 saturated carbocycles. The highest BCUT2D eigenvalue weighted by Gasteiger charge is 2.06. The van der Waals surface area contributed by atoms with Gasteiger partial charge in [-0.1, -0.05) is 11.6 Å². The lowest BCUT2D eigenvalue weighted by Gasteiger charge is -2.09. The van der Waals surface area contributed by atoms with E-state index >= 15 is 0 Å². The van der Waals surface area contributed by atoms with Gasteiger partial charge in [-0.25, -0.2) is 4.79 Å². The molecule has 0 bridgehead atoms. The van der Waals surface area contributed by atoms with Gasteiger partial charge in [-0.05, 0) is 30.2 Å². The number of carboxylic acid groups (broad SMARTS) is 1. The summed E-state index contributed by atoms with van der Waals surface area (Å²) >= 11 is 5.92. The summed E-state index contributed by atoms with van der Waals surface area (Å²) in [5.41, 5.74) is 1.77. The molecule has 2 N–H and O–H groups in total. The first-order chi connectivity index (χ1) is 7.04. The van der Waals surface area contributed by atoms with Gasteiger partial charge in [0.15, 0.2) is 0 Å². The molecule has 0 aliphatic heterocycles. The third-order valence-corrected chi connectivity index (χ3v) is 2.34. The molecule has 0 atom stereocenters. The van der Waals surface area contributed by atoms with Crippen LogP contribution in [0.2, 0.25) is 5.02 Å². The van der Waals surface area contributed by atoms with E-state index in [2.05, 4.69) is 5.32 Å². The Morgan fingerprint density at radius 1 is 1.60 bits per heavy atom. The second-order valence-electron chi connectivity index (χ2n) is 3.07. The number of aryl methyl sites for hydroxylation is 1. The number of halogens is 1. The van der Waals surface area contributed by atoms with Crippen molar-refractivity contribution in [3.8, 4) is 5.75 Å². The lowest BCUT2D eigenvalue weighted by Crippen LogP contribution is -2.20. The molecule has 15 heavy (non-hydrogen) atoms. The van der Waals surface area contributed by atoms with E-state index in [-0.39, 0.29) is 6.54 Å². The van der Waals surface area contributed by atoms with E-state index in [4.69, 9.17) is 21.4 Å². The first-order valence-corrected chi connectivity index (χ1v) is 4.72. The van der Waals surface area contributed by atoms with Gasteiger partial charge in [0.05, 0.1) is 12.1 Å². The van der Waals surface area contributed by atoms with Crippen LogP contribution >= 0.6 is 11.6 Å². The van der Waals surface area contributed by atoms with Gasteiger partial charge in [0, 0.05) is 6.54 Å². The van der Waals surface area contributed by atoms with E-state index < -0.39 is 6.09 Å². The molecule has 0 spiro atoms. The quantitative estimate of drug-likeness (QED) is 0.837. The molecular formula is C10H12ClNO3. The summed E-state index contributed by atoms with van der Waals surface area (Å²) in [6.07, 6.45) is -1.05. The van der Waals surface area contributed by atoms with Crippen LogP contribution in [0.5, 0.6) is 5.75 Å². The Labute approximate surface area is 92.8 Å². The summed E-state index contributed by atoms with van der Waals surface area (Å²) < 4.78 is 5.04. The fourth-order valence-electron chi connectivity index (χ4n) is 1.21. The molecule has 0 aliphatic carbocycles. The number of nitrogens with one attached hydrogen (secondary N) is 1. The highest BCUT2D eigenvalue weighted by molar-refractivity contribution is 6.32. The van der Waals surface area contributed by atoms with Crippen LogP contribution in [0.25, 0.3) is 0 Å². The van der Waals surface area contributed by atoms with Crippen molar-refractivity contribution >= 4 is 17.7 Å².